The van der Waals surface area contributed by atoms with Crippen molar-refractivity contribution in [2.45, 2.75) is 19.4 Å². The van der Waals surface area contributed by atoms with E-state index >= 15 is 0 Å². The molecule has 7 heteroatoms. The SMILES string of the molecule is CC1=C(c2nc(-c3ccccc3)no2)C(c2ccc(F)cc2)NC(=O)N1CCc1ccccc1. The molecule has 1 N–H and O–H groups in total. The van der Waals surface area contributed by atoms with E-state index in [0.29, 0.717) is 30.3 Å². The lowest BCUT2D eigenvalue weighted by Gasteiger charge is -2.35. The van der Waals surface area contributed by atoms with E-state index in [1.165, 1.54) is 12.1 Å². The van der Waals surface area contributed by atoms with Crippen molar-refractivity contribution >= 4 is 11.6 Å². The van der Waals surface area contributed by atoms with Gasteiger partial charge in [-0.2, -0.15) is 4.98 Å². The number of halogens is 1. The summed E-state index contributed by atoms with van der Waals surface area (Å²) in [6.07, 6.45) is 0.694. The topological polar surface area (TPSA) is 71.3 Å². The van der Waals surface area contributed by atoms with E-state index in [4.69, 9.17) is 4.52 Å². The Hall–Kier alpha value is -4.26. The first kappa shape index (κ1) is 21.6. The smallest absolute Gasteiger partial charge is 0.322 e. The zero-order valence-corrected chi connectivity index (χ0v) is 18.6. The van der Waals surface area contributed by atoms with Crippen molar-refractivity contribution in [3.63, 3.8) is 0 Å². The molecular formula is C27H23FN4O2. The molecular weight excluding hydrogens is 431 g/mol. The first-order valence-electron chi connectivity index (χ1n) is 11.1. The Bertz CT molecular complexity index is 1320. The number of urea groups is 1. The van der Waals surface area contributed by atoms with Crippen LogP contribution in [0.5, 0.6) is 0 Å². The molecule has 1 aliphatic rings. The highest BCUT2D eigenvalue weighted by Gasteiger charge is 2.35. The molecule has 0 saturated heterocycles. The molecule has 1 atom stereocenters. The molecule has 1 aliphatic heterocycles. The molecule has 170 valence electrons. The van der Waals surface area contributed by atoms with Gasteiger partial charge in [0.15, 0.2) is 0 Å². The van der Waals surface area contributed by atoms with E-state index in [1.54, 1.807) is 17.0 Å². The normalized spacial score (nSPS) is 16.0. The maximum Gasteiger partial charge on any atom is 0.322 e. The molecule has 34 heavy (non-hydrogen) atoms. The molecule has 0 saturated carbocycles. The maximum atomic E-state index is 13.6. The van der Waals surface area contributed by atoms with Crippen LogP contribution in [0.2, 0.25) is 0 Å². The Balaban J connectivity index is 1.54. The number of hydrogen-bond donors (Lipinski definition) is 1. The highest BCUT2D eigenvalue weighted by atomic mass is 19.1. The number of carbonyl (C=O) groups is 1. The van der Waals surface area contributed by atoms with Gasteiger partial charge in [0.25, 0.3) is 5.89 Å². The van der Waals surface area contributed by atoms with Crippen molar-refractivity contribution in [1.29, 1.82) is 0 Å². The molecule has 2 amide bonds. The van der Waals surface area contributed by atoms with Gasteiger partial charge in [0, 0.05) is 17.8 Å². The standard InChI is InChI=1S/C27H23FN4O2/c1-18-23(26-30-25(31-34-26)21-10-6-3-7-11-21)24(20-12-14-22(28)15-13-20)29-27(33)32(18)17-16-19-8-4-2-5-9-19/h2-15,24H,16-17H2,1H3,(H,29,33). The van der Waals surface area contributed by atoms with E-state index < -0.39 is 6.04 Å². The molecule has 5 rings (SSSR count). The third-order valence-corrected chi connectivity index (χ3v) is 5.95. The van der Waals surface area contributed by atoms with Crippen molar-refractivity contribution in [2.75, 3.05) is 6.54 Å². The zero-order chi connectivity index (χ0) is 23.5. The van der Waals surface area contributed by atoms with E-state index in [-0.39, 0.29) is 11.8 Å². The summed E-state index contributed by atoms with van der Waals surface area (Å²) < 4.78 is 19.3. The van der Waals surface area contributed by atoms with E-state index in [0.717, 1.165) is 22.4 Å². The Morgan fingerprint density at radius 1 is 0.971 bits per heavy atom. The van der Waals surface area contributed by atoms with Crippen LogP contribution < -0.4 is 5.32 Å². The Kier molecular flexibility index (Phi) is 5.91. The lowest BCUT2D eigenvalue weighted by atomic mass is 9.94. The average molecular weight is 455 g/mol. The number of aromatic nitrogens is 2. The van der Waals surface area contributed by atoms with Crippen LogP contribution in [0.25, 0.3) is 17.0 Å². The first-order chi connectivity index (χ1) is 16.6. The molecule has 0 radical (unpaired) electrons. The summed E-state index contributed by atoms with van der Waals surface area (Å²) in [5.41, 5.74) is 4.10. The molecule has 0 spiro atoms. The van der Waals surface area contributed by atoms with Gasteiger partial charge < -0.3 is 9.84 Å². The predicted molar refractivity (Wildman–Crippen MR) is 127 cm³/mol. The van der Waals surface area contributed by atoms with Gasteiger partial charge in [0.05, 0.1) is 11.6 Å². The summed E-state index contributed by atoms with van der Waals surface area (Å²) in [6, 6.07) is 24.8. The first-order valence-corrected chi connectivity index (χ1v) is 11.1. The minimum Gasteiger partial charge on any atom is -0.334 e. The Morgan fingerprint density at radius 2 is 1.65 bits per heavy atom. The number of allylic oxidation sites excluding steroid dienone is 1. The number of nitrogens with one attached hydrogen (secondary N) is 1. The third-order valence-electron chi connectivity index (χ3n) is 5.95. The molecule has 0 aliphatic carbocycles. The largest absolute Gasteiger partial charge is 0.334 e. The summed E-state index contributed by atoms with van der Waals surface area (Å²) >= 11 is 0. The summed E-state index contributed by atoms with van der Waals surface area (Å²) in [4.78, 5) is 19.4. The van der Waals surface area contributed by atoms with Gasteiger partial charge in [0.2, 0.25) is 5.82 Å². The van der Waals surface area contributed by atoms with Crippen LogP contribution in [0.15, 0.2) is 95.1 Å². The van der Waals surface area contributed by atoms with Crippen LogP contribution in [-0.2, 0) is 6.42 Å². The fraction of sp³-hybridized carbons (Fsp3) is 0.148. The predicted octanol–water partition coefficient (Wildman–Crippen LogP) is 5.62. The second-order valence-corrected chi connectivity index (χ2v) is 8.11. The van der Waals surface area contributed by atoms with Crippen molar-refractivity contribution in [3.8, 4) is 11.4 Å². The van der Waals surface area contributed by atoms with E-state index in [1.807, 2.05) is 67.6 Å². The summed E-state index contributed by atoms with van der Waals surface area (Å²) in [7, 11) is 0. The van der Waals surface area contributed by atoms with Crippen molar-refractivity contribution in [1.82, 2.24) is 20.4 Å². The van der Waals surface area contributed by atoms with Gasteiger partial charge in [-0.05, 0) is 36.6 Å². The average Bonchev–Trinajstić information content (AvgIpc) is 3.35. The highest BCUT2D eigenvalue weighted by molar-refractivity contribution is 5.86. The summed E-state index contributed by atoms with van der Waals surface area (Å²) in [5.74, 6) is 0.429. The second-order valence-electron chi connectivity index (χ2n) is 8.11. The van der Waals surface area contributed by atoms with Crippen molar-refractivity contribution < 1.29 is 13.7 Å². The van der Waals surface area contributed by atoms with E-state index in [9.17, 15) is 9.18 Å². The number of benzene rings is 3. The van der Waals surface area contributed by atoms with Gasteiger partial charge in [-0.25, -0.2) is 9.18 Å². The summed E-state index contributed by atoms with van der Waals surface area (Å²) in [6.45, 7) is 2.36. The number of rotatable bonds is 6. The Morgan fingerprint density at radius 3 is 2.35 bits per heavy atom. The molecule has 1 aromatic heterocycles. The lowest BCUT2D eigenvalue weighted by Crippen LogP contribution is -2.46. The van der Waals surface area contributed by atoms with Gasteiger partial charge >= 0.3 is 6.03 Å². The molecule has 1 unspecified atom stereocenters. The van der Waals surface area contributed by atoms with Gasteiger partial charge in [0.1, 0.15) is 5.82 Å². The fourth-order valence-corrected chi connectivity index (χ4v) is 4.16. The summed E-state index contributed by atoms with van der Waals surface area (Å²) in [5, 5.41) is 7.21. The molecule has 6 nitrogen and oxygen atoms in total. The Labute approximate surface area is 196 Å². The highest BCUT2D eigenvalue weighted by Crippen LogP contribution is 2.37. The lowest BCUT2D eigenvalue weighted by molar-refractivity contribution is 0.205. The fourth-order valence-electron chi connectivity index (χ4n) is 4.16. The van der Waals surface area contributed by atoms with Crippen LogP contribution in [0, 0.1) is 5.82 Å². The number of carbonyl (C=O) groups excluding carboxylic acids is 1. The molecule has 4 aromatic rings. The van der Waals surface area contributed by atoms with Gasteiger partial charge in [-0.1, -0.05) is 78.0 Å². The molecule has 0 bridgehead atoms. The van der Waals surface area contributed by atoms with Gasteiger partial charge in [-0.15, -0.1) is 0 Å². The molecule has 3 aromatic carbocycles. The zero-order valence-electron chi connectivity index (χ0n) is 18.6. The number of nitrogens with zero attached hydrogens (tertiary/aromatic N) is 3. The van der Waals surface area contributed by atoms with E-state index in [2.05, 4.69) is 15.5 Å². The third kappa shape index (κ3) is 4.32. The molecule has 0 fully saturated rings. The minimum absolute atomic E-state index is 0.227. The number of amides is 2. The van der Waals surface area contributed by atoms with Gasteiger partial charge in [-0.3, -0.25) is 4.90 Å². The van der Waals surface area contributed by atoms with Crippen LogP contribution in [0.1, 0.15) is 30.0 Å². The van der Waals surface area contributed by atoms with Crippen LogP contribution in [0.4, 0.5) is 9.18 Å². The quantitative estimate of drug-likeness (QED) is 0.411. The van der Waals surface area contributed by atoms with Crippen LogP contribution in [-0.4, -0.2) is 27.6 Å². The molecule has 2 heterocycles. The second kappa shape index (κ2) is 9.31. The maximum absolute atomic E-state index is 13.6. The van der Waals surface area contributed by atoms with Crippen molar-refractivity contribution in [2.24, 2.45) is 0 Å². The van der Waals surface area contributed by atoms with Crippen LogP contribution in [0.3, 0.4) is 0 Å². The van der Waals surface area contributed by atoms with Crippen molar-refractivity contribution in [3.05, 3.63) is 113 Å². The monoisotopic (exact) mass is 454 g/mol. The minimum atomic E-state index is -0.551. The van der Waals surface area contributed by atoms with Crippen LogP contribution >= 0.6 is 0 Å². The number of hydrogen-bond acceptors (Lipinski definition) is 4.